The lowest BCUT2D eigenvalue weighted by Crippen LogP contribution is -2.13. The number of anilines is 1. The quantitative estimate of drug-likeness (QED) is 0.439. The van der Waals surface area contributed by atoms with Crippen molar-refractivity contribution in [2.45, 2.75) is 17.8 Å². The number of amides is 1. The number of rotatable bonds is 6. The number of carbonyl (C=O) groups excluding carboxylic acids is 1. The molecule has 0 saturated carbocycles. The van der Waals surface area contributed by atoms with E-state index in [-0.39, 0.29) is 11.7 Å². The molecule has 0 unspecified atom stereocenters. The van der Waals surface area contributed by atoms with Crippen LogP contribution in [0.25, 0.3) is 5.69 Å². The number of halogens is 2. The molecule has 156 valence electrons. The molecule has 4 rings (SSSR count). The first-order valence-corrected chi connectivity index (χ1v) is 10.3. The van der Waals surface area contributed by atoms with Crippen molar-refractivity contribution in [3.63, 3.8) is 0 Å². The van der Waals surface area contributed by atoms with Gasteiger partial charge in [0.2, 0.25) is 5.16 Å². The third-order valence-electron chi connectivity index (χ3n) is 4.54. The number of nitrogens with zero attached hydrogens (tertiary/aromatic N) is 4. The van der Waals surface area contributed by atoms with Crippen molar-refractivity contribution in [2.24, 2.45) is 0 Å². The van der Waals surface area contributed by atoms with Crippen molar-refractivity contribution in [3.05, 3.63) is 95.1 Å². The van der Waals surface area contributed by atoms with Crippen LogP contribution >= 0.6 is 11.8 Å². The van der Waals surface area contributed by atoms with E-state index in [4.69, 9.17) is 0 Å². The van der Waals surface area contributed by atoms with Gasteiger partial charge in [-0.25, -0.2) is 8.78 Å². The highest BCUT2D eigenvalue weighted by Crippen LogP contribution is 2.23. The van der Waals surface area contributed by atoms with Crippen LogP contribution < -0.4 is 5.32 Å². The summed E-state index contributed by atoms with van der Waals surface area (Å²) < 4.78 is 28.1. The normalized spacial score (nSPS) is 10.8. The number of benzene rings is 3. The number of aryl methyl sites for hydroxylation is 1. The first-order chi connectivity index (χ1) is 15.0. The zero-order valence-electron chi connectivity index (χ0n) is 16.4. The number of tetrazole rings is 1. The van der Waals surface area contributed by atoms with E-state index in [1.807, 2.05) is 0 Å². The Morgan fingerprint density at radius 1 is 1.00 bits per heavy atom. The van der Waals surface area contributed by atoms with E-state index >= 15 is 0 Å². The molecular weight excluding hydrogens is 420 g/mol. The predicted octanol–water partition coefficient (Wildman–Crippen LogP) is 4.79. The fourth-order valence-electron chi connectivity index (χ4n) is 2.84. The fourth-order valence-corrected chi connectivity index (χ4v) is 3.68. The zero-order chi connectivity index (χ0) is 21.8. The molecule has 4 aromatic rings. The highest BCUT2D eigenvalue weighted by molar-refractivity contribution is 7.98. The molecule has 9 heteroatoms. The Balaban J connectivity index is 1.46. The van der Waals surface area contributed by atoms with Crippen LogP contribution in [0, 0.1) is 18.6 Å². The molecule has 0 aliphatic carbocycles. The standard InChI is InChI=1S/C22H17F2N5OS/c1-14-2-7-18(24)12-20(14)25-21(30)16-5-10-19(11-6-16)29-22(26-27-28-29)31-13-15-3-8-17(23)9-4-15/h2-12H,13H2,1H3,(H,25,30). The second-order valence-electron chi connectivity index (χ2n) is 6.75. The highest BCUT2D eigenvalue weighted by atomic mass is 32.2. The Kier molecular flexibility index (Phi) is 6.03. The minimum absolute atomic E-state index is 0.282. The van der Waals surface area contributed by atoms with Crippen LogP contribution in [-0.2, 0) is 5.75 Å². The van der Waals surface area contributed by atoms with Gasteiger partial charge in [-0.3, -0.25) is 4.79 Å². The van der Waals surface area contributed by atoms with Gasteiger partial charge in [-0.15, -0.1) is 5.10 Å². The minimum atomic E-state index is -0.416. The van der Waals surface area contributed by atoms with E-state index in [1.54, 1.807) is 54.1 Å². The summed E-state index contributed by atoms with van der Waals surface area (Å²) >= 11 is 1.41. The van der Waals surface area contributed by atoms with E-state index in [0.717, 1.165) is 11.1 Å². The van der Waals surface area contributed by atoms with E-state index in [9.17, 15) is 13.6 Å². The van der Waals surface area contributed by atoms with Gasteiger partial charge >= 0.3 is 0 Å². The maximum absolute atomic E-state index is 13.4. The molecule has 1 aromatic heterocycles. The van der Waals surface area contributed by atoms with Crippen molar-refractivity contribution in [2.75, 3.05) is 5.32 Å². The van der Waals surface area contributed by atoms with E-state index in [1.165, 1.54) is 36.0 Å². The summed E-state index contributed by atoms with van der Waals surface area (Å²) in [5.41, 5.74) is 3.24. The van der Waals surface area contributed by atoms with Crippen LogP contribution in [0.15, 0.2) is 71.9 Å². The number of aromatic nitrogens is 4. The number of nitrogens with one attached hydrogen (secondary N) is 1. The molecule has 6 nitrogen and oxygen atoms in total. The molecule has 0 aliphatic heterocycles. The lowest BCUT2D eigenvalue weighted by molar-refractivity contribution is 0.102. The van der Waals surface area contributed by atoms with Gasteiger partial charge in [-0.1, -0.05) is 30.0 Å². The van der Waals surface area contributed by atoms with Crippen LogP contribution in [0.3, 0.4) is 0 Å². The molecule has 0 fully saturated rings. The first kappa shape index (κ1) is 20.7. The summed E-state index contributed by atoms with van der Waals surface area (Å²) in [5, 5.41) is 15.0. The number of hydrogen-bond acceptors (Lipinski definition) is 5. The third kappa shape index (κ3) is 4.95. The van der Waals surface area contributed by atoms with Crippen molar-refractivity contribution >= 4 is 23.4 Å². The summed E-state index contributed by atoms with van der Waals surface area (Å²) in [4.78, 5) is 12.5. The molecule has 0 atom stereocenters. The topological polar surface area (TPSA) is 72.7 Å². The Morgan fingerprint density at radius 3 is 2.45 bits per heavy atom. The largest absolute Gasteiger partial charge is 0.322 e. The van der Waals surface area contributed by atoms with Crippen LogP contribution in [0.1, 0.15) is 21.5 Å². The van der Waals surface area contributed by atoms with Gasteiger partial charge < -0.3 is 5.32 Å². The van der Waals surface area contributed by atoms with Gasteiger partial charge in [0.25, 0.3) is 5.91 Å². The first-order valence-electron chi connectivity index (χ1n) is 9.33. The van der Waals surface area contributed by atoms with Crippen LogP contribution in [-0.4, -0.2) is 26.1 Å². The highest BCUT2D eigenvalue weighted by Gasteiger charge is 2.12. The number of carbonyl (C=O) groups is 1. The van der Waals surface area contributed by atoms with Crippen LogP contribution in [0.4, 0.5) is 14.5 Å². The van der Waals surface area contributed by atoms with Crippen molar-refractivity contribution < 1.29 is 13.6 Å². The molecular formula is C22H17F2N5OS. The SMILES string of the molecule is Cc1ccc(F)cc1NC(=O)c1ccc(-n2nnnc2SCc2ccc(F)cc2)cc1. The molecule has 0 saturated heterocycles. The van der Waals surface area contributed by atoms with Gasteiger partial charge in [-0.2, -0.15) is 4.68 Å². The smallest absolute Gasteiger partial charge is 0.255 e. The third-order valence-corrected chi connectivity index (χ3v) is 5.53. The second-order valence-corrected chi connectivity index (χ2v) is 7.69. The summed E-state index contributed by atoms with van der Waals surface area (Å²) in [6.45, 7) is 1.79. The molecule has 0 aliphatic rings. The lowest BCUT2D eigenvalue weighted by atomic mass is 10.1. The van der Waals surface area contributed by atoms with E-state index < -0.39 is 5.82 Å². The van der Waals surface area contributed by atoms with Gasteiger partial charge in [0.15, 0.2) is 0 Å². The fraction of sp³-hybridized carbons (Fsp3) is 0.0909. The average Bonchev–Trinajstić information content (AvgIpc) is 3.24. The maximum Gasteiger partial charge on any atom is 0.255 e. The number of thioether (sulfide) groups is 1. The van der Waals surface area contributed by atoms with Gasteiger partial charge in [0, 0.05) is 17.0 Å². The van der Waals surface area contributed by atoms with Crippen LogP contribution in [0.2, 0.25) is 0 Å². The summed E-state index contributed by atoms with van der Waals surface area (Å²) in [7, 11) is 0. The molecule has 0 radical (unpaired) electrons. The maximum atomic E-state index is 13.4. The van der Waals surface area contributed by atoms with Gasteiger partial charge in [0.05, 0.1) is 5.69 Å². The van der Waals surface area contributed by atoms with Crippen molar-refractivity contribution in [1.82, 2.24) is 20.2 Å². The molecule has 1 heterocycles. The Labute approximate surface area is 181 Å². The number of hydrogen-bond donors (Lipinski definition) is 1. The Bertz CT molecular complexity index is 1210. The Hall–Kier alpha value is -3.59. The van der Waals surface area contributed by atoms with E-state index in [0.29, 0.717) is 27.8 Å². The average molecular weight is 437 g/mol. The van der Waals surface area contributed by atoms with Crippen molar-refractivity contribution in [3.8, 4) is 5.69 Å². The van der Waals surface area contributed by atoms with Crippen LogP contribution in [0.5, 0.6) is 0 Å². The van der Waals surface area contributed by atoms with Gasteiger partial charge in [0.1, 0.15) is 11.6 Å². The molecule has 0 bridgehead atoms. The lowest BCUT2D eigenvalue weighted by Gasteiger charge is -2.09. The molecule has 31 heavy (non-hydrogen) atoms. The molecule has 3 aromatic carbocycles. The monoisotopic (exact) mass is 437 g/mol. The van der Waals surface area contributed by atoms with Crippen molar-refractivity contribution in [1.29, 1.82) is 0 Å². The molecule has 1 amide bonds. The predicted molar refractivity (Wildman–Crippen MR) is 114 cm³/mol. The van der Waals surface area contributed by atoms with Gasteiger partial charge in [-0.05, 0) is 77.0 Å². The second kappa shape index (κ2) is 9.05. The van der Waals surface area contributed by atoms with E-state index in [2.05, 4.69) is 20.8 Å². The molecule has 0 spiro atoms. The zero-order valence-corrected chi connectivity index (χ0v) is 17.2. The Morgan fingerprint density at radius 2 is 1.71 bits per heavy atom. The summed E-state index contributed by atoms with van der Waals surface area (Å²) in [6.07, 6.45) is 0. The summed E-state index contributed by atoms with van der Waals surface area (Å²) in [5.74, 6) is -0.465. The minimum Gasteiger partial charge on any atom is -0.322 e. The summed E-state index contributed by atoms with van der Waals surface area (Å²) in [6, 6.07) is 17.2. The molecule has 1 N–H and O–H groups in total.